The molecule has 2 saturated heterocycles. The molecule has 0 aliphatic carbocycles. The van der Waals surface area contributed by atoms with E-state index in [1.807, 2.05) is 24.3 Å². The van der Waals surface area contributed by atoms with Crippen molar-refractivity contribution in [3.05, 3.63) is 29.8 Å². The highest BCUT2D eigenvalue weighted by atomic mass is 35.5. The molecule has 1 unspecified atom stereocenters. The molecule has 0 amide bonds. The van der Waals surface area contributed by atoms with E-state index in [1.54, 1.807) is 0 Å². The summed E-state index contributed by atoms with van der Waals surface area (Å²) in [5, 5.41) is 3.44. The molecule has 0 spiro atoms. The maximum absolute atomic E-state index is 12.4. The third-order valence-corrected chi connectivity index (χ3v) is 5.33. The van der Waals surface area contributed by atoms with E-state index in [4.69, 9.17) is 4.74 Å². The molecule has 26 heavy (non-hydrogen) atoms. The predicted octanol–water partition coefficient (Wildman–Crippen LogP) is 2.31. The van der Waals surface area contributed by atoms with Crippen LogP contribution in [0.5, 0.6) is 5.75 Å². The normalized spacial score (nSPS) is 21.8. The second-order valence-electron chi connectivity index (χ2n) is 7.38. The van der Waals surface area contributed by atoms with Gasteiger partial charge < -0.3 is 15.0 Å². The molecule has 2 aliphatic rings. The zero-order chi connectivity index (χ0) is 17.5. The molecular formula is C20H32ClN3O2. The number of piperazine rings is 1. The van der Waals surface area contributed by atoms with Crippen molar-refractivity contribution in [2.75, 3.05) is 59.5 Å². The van der Waals surface area contributed by atoms with Crippen LogP contribution in [0.2, 0.25) is 0 Å². The maximum atomic E-state index is 12.4. The van der Waals surface area contributed by atoms with E-state index in [0.29, 0.717) is 6.54 Å². The fourth-order valence-corrected chi connectivity index (χ4v) is 3.55. The summed E-state index contributed by atoms with van der Waals surface area (Å²) in [6.45, 7) is 7.56. The number of nitrogens with zero attached hydrogens (tertiary/aromatic N) is 2. The van der Waals surface area contributed by atoms with Crippen LogP contribution in [-0.2, 0) is 0 Å². The molecule has 146 valence electrons. The number of ether oxygens (including phenoxy) is 1. The van der Waals surface area contributed by atoms with E-state index in [9.17, 15) is 4.79 Å². The minimum Gasteiger partial charge on any atom is -0.494 e. The molecule has 5 nitrogen and oxygen atoms in total. The summed E-state index contributed by atoms with van der Waals surface area (Å²) < 4.78 is 5.85. The summed E-state index contributed by atoms with van der Waals surface area (Å²) >= 11 is 0. The number of benzene rings is 1. The lowest BCUT2D eigenvalue weighted by Crippen LogP contribution is -2.46. The van der Waals surface area contributed by atoms with Crippen molar-refractivity contribution in [3.8, 4) is 5.75 Å². The Morgan fingerprint density at radius 2 is 1.92 bits per heavy atom. The van der Waals surface area contributed by atoms with Crippen LogP contribution in [0.4, 0.5) is 0 Å². The highest BCUT2D eigenvalue weighted by molar-refractivity contribution is 5.97. The van der Waals surface area contributed by atoms with Crippen molar-refractivity contribution < 1.29 is 9.53 Å². The predicted molar refractivity (Wildman–Crippen MR) is 108 cm³/mol. The Balaban J connectivity index is 0.00000243. The monoisotopic (exact) mass is 381 g/mol. The molecule has 0 radical (unpaired) electrons. The van der Waals surface area contributed by atoms with Crippen molar-refractivity contribution in [1.29, 1.82) is 0 Å². The Bertz CT molecular complexity index is 538. The second kappa shape index (κ2) is 10.9. The Kier molecular flexibility index (Phi) is 8.85. The molecule has 2 fully saturated rings. The van der Waals surface area contributed by atoms with Gasteiger partial charge in [-0.3, -0.25) is 9.69 Å². The molecular weight excluding hydrogens is 350 g/mol. The SMILES string of the molecule is CN1CCN(CC(=O)c2ccc(OCCC3CCCNC3)cc2)CC1.Cl. The van der Waals surface area contributed by atoms with Crippen LogP contribution < -0.4 is 10.1 Å². The molecule has 0 aromatic heterocycles. The number of piperidine rings is 1. The molecule has 0 saturated carbocycles. The minimum absolute atomic E-state index is 0. The summed E-state index contributed by atoms with van der Waals surface area (Å²) in [6.07, 6.45) is 3.67. The average Bonchev–Trinajstić information content (AvgIpc) is 2.65. The number of nitrogens with one attached hydrogen (secondary N) is 1. The zero-order valence-electron chi connectivity index (χ0n) is 15.8. The van der Waals surface area contributed by atoms with Crippen LogP contribution in [0.3, 0.4) is 0 Å². The number of ketones is 1. The maximum Gasteiger partial charge on any atom is 0.176 e. The smallest absolute Gasteiger partial charge is 0.176 e. The quantitative estimate of drug-likeness (QED) is 0.734. The lowest BCUT2D eigenvalue weighted by Gasteiger charge is -2.31. The van der Waals surface area contributed by atoms with Gasteiger partial charge in [-0.2, -0.15) is 0 Å². The van der Waals surface area contributed by atoms with E-state index >= 15 is 0 Å². The first-order valence-electron chi connectivity index (χ1n) is 9.58. The number of Topliss-reactive ketones (excluding diaryl/α,β-unsaturated/α-hetero) is 1. The molecule has 1 aromatic rings. The Morgan fingerprint density at radius 1 is 1.19 bits per heavy atom. The van der Waals surface area contributed by atoms with Gasteiger partial charge in [0.05, 0.1) is 13.2 Å². The van der Waals surface area contributed by atoms with E-state index in [-0.39, 0.29) is 18.2 Å². The Hall–Kier alpha value is -1.14. The van der Waals surface area contributed by atoms with Crippen LogP contribution in [-0.4, -0.2) is 75.1 Å². The first kappa shape index (κ1) is 21.2. The lowest BCUT2D eigenvalue weighted by molar-refractivity contribution is 0.0876. The largest absolute Gasteiger partial charge is 0.494 e. The third kappa shape index (κ3) is 6.54. The molecule has 2 heterocycles. The van der Waals surface area contributed by atoms with Crippen molar-refractivity contribution >= 4 is 18.2 Å². The molecule has 2 aliphatic heterocycles. The molecule has 1 atom stereocenters. The molecule has 1 N–H and O–H groups in total. The number of hydrogen-bond donors (Lipinski definition) is 1. The number of likely N-dealkylation sites (N-methyl/N-ethyl adjacent to an activating group) is 1. The summed E-state index contributed by atoms with van der Waals surface area (Å²) in [4.78, 5) is 17.0. The van der Waals surface area contributed by atoms with Gasteiger partial charge in [0.2, 0.25) is 0 Å². The van der Waals surface area contributed by atoms with Crippen molar-refractivity contribution in [2.45, 2.75) is 19.3 Å². The van der Waals surface area contributed by atoms with Crippen LogP contribution >= 0.6 is 12.4 Å². The highest BCUT2D eigenvalue weighted by Gasteiger charge is 2.17. The van der Waals surface area contributed by atoms with Gasteiger partial charge in [0.15, 0.2) is 5.78 Å². The topological polar surface area (TPSA) is 44.8 Å². The summed E-state index contributed by atoms with van der Waals surface area (Å²) in [6, 6.07) is 7.65. The van der Waals surface area contributed by atoms with Gasteiger partial charge in [0.1, 0.15) is 5.75 Å². The van der Waals surface area contributed by atoms with Gasteiger partial charge >= 0.3 is 0 Å². The van der Waals surface area contributed by atoms with Gasteiger partial charge in [-0.1, -0.05) is 0 Å². The first-order chi connectivity index (χ1) is 12.2. The molecule has 0 bridgehead atoms. The fraction of sp³-hybridized carbons (Fsp3) is 0.650. The van der Waals surface area contributed by atoms with E-state index < -0.39 is 0 Å². The number of halogens is 1. The van der Waals surface area contributed by atoms with Crippen LogP contribution in [0, 0.1) is 5.92 Å². The van der Waals surface area contributed by atoms with Gasteiger partial charge in [-0.25, -0.2) is 0 Å². The van der Waals surface area contributed by atoms with E-state index in [2.05, 4.69) is 22.2 Å². The Labute approximate surface area is 163 Å². The molecule has 3 rings (SSSR count). The molecule has 6 heteroatoms. The molecule has 1 aromatic carbocycles. The van der Waals surface area contributed by atoms with Crippen molar-refractivity contribution in [2.24, 2.45) is 5.92 Å². The standard InChI is InChI=1S/C20H31N3O2.ClH/c1-22-10-12-23(13-11-22)16-20(24)18-4-6-19(7-5-18)25-14-8-17-3-2-9-21-15-17;/h4-7,17,21H,2-3,8-16H2,1H3;1H. The fourth-order valence-electron chi connectivity index (χ4n) is 3.55. The number of carbonyl (C=O) groups excluding carboxylic acids is 1. The van der Waals surface area contributed by atoms with E-state index in [1.165, 1.54) is 12.8 Å². The number of carbonyl (C=O) groups is 1. The van der Waals surface area contributed by atoms with Gasteiger partial charge in [0, 0.05) is 31.7 Å². The van der Waals surface area contributed by atoms with Crippen LogP contribution in [0.25, 0.3) is 0 Å². The number of rotatable bonds is 7. The van der Waals surface area contributed by atoms with E-state index in [0.717, 1.165) is 69.5 Å². The minimum atomic E-state index is 0. The highest BCUT2D eigenvalue weighted by Crippen LogP contribution is 2.17. The zero-order valence-corrected chi connectivity index (χ0v) is 16.6. The first-order valence-corrected chi connectivity index (χ1v) is 9.58. The van der Waals surface area contributed by atoms with Gasteiger partial charge in [-0.05, 0) is 69.6 Å². The van der Waals surface area contributed by atoms with Crippen molar-refractivity contribution in [1.82, 2.24) is 15.1 Å². The third-order valence-electron chi connectivity index (χ3n) is 5.33. The summed E-state index contributed by atoms with van der Waals surface area (Å²) in [5.41, 5.74) is 0.780. The average molecular weight is 382 g/mol. The van der Waals surface area contributed by atoms with Crippen LogP contribution in [0.15, 0.2) is 24.3 Å². The van der Waals surface area contributed by atoms with Crippen molar-refractivity contribution in [3.63, 3.8) is 0 Å². The van der Waals surface area contributed by atoms with Gasteiger partial charge in [-0.15, -0.1) is 12.4 Å². The summed E-state index contributed by atoms with van der Waals surface area (Å²) in [7, 11) is 2.13. The lowest BCUT2D eigenvalue weighted by atomic mass is 9.97. The van der Waals surface area contributed by atoms with Gasteiger partial charge in [0.25, 0.3) is 0 Å². The summed E-state index contributed by atoms with van der Waals surface area (Å²) in [5.74, 6) is 1.79. The Morgan fingerprint density at radius 3 is 2.58 bits per heavy atom. The van der Waals surface area contributed by atoms with Crippen LogP contribution in [0.1, 0.15) is 29.6 Å². The number of hydrogen-bond acceptors (Lipinski definition) is 5. The second-order valence-corrected chi connectivity index (χ2v) is 7.38.